The van der Waals surface area contributed by atoms with E-state index in [1.54, 1.807) is 27.7 Å². The van der Waals surface area contributed by atoms with Crippen LogP contribution < -0.4 is 8.92 Å². The molecule has 0 aliphatic carbocycles. The predicted octanol–water partition coefficient (Wildman–Crippen LogP) is 5.45. The number of esters is 4. The summed E-state index contributed by atoms with van der Waals surface area (Å²) in [5.41, 5.74) is 1.04. The third kappa shape index (κ3) is 8.36. The van der Waals surface area contributed by atoms with Crippen LogP contribution in [-0.2, 0) is 25.4 Å². The van der Waals surface area contributed by atoms with Crippen molar-refractivity contribution in [3.8, 4) is 11.1 Å². The second-order valence-electron chi connectivity index (χ2n) is 9.66. The van der Waals surface area contributed by atoms with Crippen molar-refractivity contribution in [3.63, 3.8) is 0 Å². The third-order valence-electron chi connectivity index (χ3n) is 6.65. The first-order valence-corrected chi connectivity index (χ1v) is 16.8. The van der Waals surface area contributed by atoms with Gasteiger partial charge < -0.3 is 0 Å². The Labute approximate surface area is 265 Å². The number of hydrogen-bond acceptors (Lipinski definition) is 8. The second-order valence-corrected chi connectivity index (χ2v) is 11.9. The summed E-state index contributed by atoms with van der Waals surface area (Å²) in [5.74, 6) is -3.50. The van der Waals surface area contributed by atoms with Crippen LogP contribution in [0, 0.1) is 0 Å². The molecule has 0 saturated carbocycles. The van der Waals surface area contributed by atoms with Gasteiger partial charge in [0.1, 0.15) is 0 Å². The number of unbranched alkanes of at least 4 members (excludes halogenated alkanes) is 2. The van der Waals surface area contributed by atoms with Crippen molar-refractivity contribution in [2.24, 2.45) is 0 Å². The van der Waals surface area contributed by atoms with E-state index >= 15 is 0 Å². The van der Waals surface area contributed by atoms with Gasteiger partial charge in [0.25, 0.3) is 0 Å². The van der Waals surface area contributed by atoms with Crippen LogP contribution in [0.3, 0.4) is 0 Å². The van der Waals surface area contributed by atoms with Gasteiger partial charge in [-0.2, -0.15) is 0 Å². The summed E-state index contributed by atoms with van der Waals surface area (Å²) in [7, 11) is 0. The summed E-state index contributed by atoms with van der Waals surface area (Å²) >= 11 is -0.631. The third-order valence-corrected chi connectivity index (χ3v) is 9.00. The van der Waals surface area contributed by atoms with Crippen LogP contribution in [0.1, 0.15) is 101 Å². The molecule has 0 spiro atoms. The molecule has 3 aromatic carbocycles. The molecule has 0 aliphatic heterocycles. The summed E-state index contributed by atoms with van der Waals surface area (Å²) in [4.78, 5) is 55.1. The number of rotatable bonds is 15. The number of benzene rings is 3. The fourth-order valence-electron chi connectivity index (χ4n) is 4.75. The molecule has 0 saturated heterocycles. The fourth-order valence-corrected chi connectivity index (χ4v) is 7.14. The zero-order valence-electron chi connectivity index (χ0n) is 26.0. The van der Waals surface area contributed by atoms with E-state index in [1.165, 1.54) is 0 Å². The molecule has 234 valence electrons. The maximum atomic E-state index is 13.9. The molecule has 0 aliphatic rings. The van der Waals surface area contributed by atoms with E-state index in [0.717, 1.165) is 35.7 Å². The van der Waals surface area contributed by atoms with Gasteiger partial charge in [-0.05, 0) is 0 Å². The normalized spacial score (nSPS) is 10.7. The van der Waals surface area contributed by atoms with E-state index in [2.05, 4.69) is 6.92 Å². The van der Waals surface area contributed by atoms with E-state index in [-0.39, 0.29) is 48.7 Å². The first kappa shape index (κ1) is 34.5. The van der Waals surface area contributed by atoms with Crippen molar-refractivity contribution in [1.29, 1.82) is 0 Å². The van der Waals surface area contributed by atoms with Crippen LogP contribution in [-0.4, -0.2) is 65.3 Å². The summed E-state index contributed by atoms with van der Waals surface area (Å²) in [6.45, 7) is 8.67. The zero-order chi connectivity index (χ0) is 32.1. The zero-order valence-corrected chi connectivity index (χ0v) is 27.7. The minimum absolute atomic E-state index is 0.0183. The van der Waals surface area contributed by atoms with Gasteiger partial charge in [-0.3, -0.25) is 0 Å². The van der Waals surface area contributed by atoms with E-state index in [0.29, 0.717) is 15.6 Å². The average molecular weight is 668 g/mol. The topological polar surface area (TPSA) is 105 Å². The van der Waals surface area contributed by atoms with Gasteiger partial charge in [-0.15, -0.1) is 0 Å². The average Bonchev–Trinajstić information content (AvgIpc) is 3.01. The van der Waals surface area contributed by atoms with Gasteiger partial charge in [-0.1, -0.05) is 0 Å². The Morgan fingerprint density at radius 1 is 0.568 bits per heavy atom. The van der Waals surface area contributed by atoms with Gasteiger partial charge in [0.2, 0.25) is 0 Å². The van der Waals surface area contributed by atoms with Crippen LogP contribution in [0.2, 0.25) is 0 Å². The minimum atomic E-state index is -0.944. The molecular weight excluding hydrogens is 627 g/mol. The number of hydrogen-bond donors (Lipinski definition) is 0. The van der Waals surface area contributed by atoms with Crippen LogP contribution >= 0.6 is 0 Å². The maximum absolute atomic E-state index is 13.9. The van der Waals surface area contributed by atoms with Gasteiger partial charge in [0.05, 0.1) is 0 Å². The summed E-state index contributed by atoms with van der Waals surface area (Å²) in [6.07, 6.45) is 4.15. The SMILES string of the molecule is CCCCCc1ccc(-c2c([Se]c3ccccc3)c(C(=O)OCC)c(C(=O)OCC)c(C(=O)OCC)c2C(=O)OCC)cc1. The first-order valence-electron chi connectivity index (χ1n) is 15.1. The van der Waals surface area contributed by atoms with Crippen molar-refractivity contribution in [1.82, 2.24) is 0 Å². The molecule has 0 fully saturated rings. The Bertz CT molecular complexity index is 1450. The van der Waals surface area contributed by atoms with Gasteiger partial charge in [-0.25, -0.2) is 0 Å². The molecule has 0 amide bonds. The van der Waals surface area contributed by atoms with Crippen LogP contribution in [0.15, 0.2) is 54.6 Å². The Kier molecular flexibility index (Phi) is 13.6. The van der Waals surface area contributed by atoms with Crippen LogP contribution in [0.5, 0.6) is 0 Å². The fraction of sp³-hybridized carbons (Fsp3) is 0.371. The molecular formula is C35H40O8Se. The molecule has 0 aromatic heterocycles. The molecule has 3 rings (SSSR count). The Hall–Kier alpha value is -3.94. The summed E-state index contributed by atoms with van der Waals surface area (Å²) < 4.78 is 23.0. The van der Waals surface area contributed by atoms with Crippen molar-refractivity contribution in [3.05, 3.63) is 82.4 Å². The molecule has 0 N–H and O–H groups in total. The summed E-state index contributed by atoms with van der Waals surface area (Å²) in [5, 5.41) is 0. The Morgan fingerprint density at radius 2 is 1.05 bits per heavy atom. The number of carbonyl (C=O) groups excluding carboxylic acids is 4. The number of aryl methyl sites for hydroxylation is 1. The predicted molar refractivity (Wildman–Crippen MR) is 170 cm³/mol. The quantitative estimate of drug-likeness (QED) is 0.0913. The number of carbonyl (C=O) groups is 4. The molecule has 0 radical (unpaired) electrons. The molecule has 8 nitrogen and oxygen atoms in total. The molecule has 0 heterocycles. The Morgan fingerprint density at radius 3 is 1.55 bits per heavy atom. The molecule has 44 heavy (non-hydrogen) atoms. The van der Waals surface area contributed by atoms with Crippen molar-refractivity contribution in [2.45, 2.75) is 60.3 Å². The molecule has 0 bridgehead atoms. The van der Waals surface area contributed by atoms with E-state index in [4.69, 9.17) is 18.9 Å². The van der Waals surface area contributed by atoms with Crippen molar-refractivity contribution >= 4 is 47.8 Å². The molecule has 0 atom stereocenters. The molecule has 3 aromatic rings. The van der Waals surface area contributed by atoms with Crippen LogP contribution in [0.4, 0.5) is 0 Å². The van der Waals surface area contributed by atoms with Crippen LogP contribution in [0.25, 0.3) is 11.1 Å². The first-order chi connectivity index (χ1) is 21.3. The Balaban J connectivity index is 2.57. The monoisotopic (exact) mass is 668 g/mol. The van der Waals surface area contributed by atoms with E-state index < -0.39 is 38.8 Å². The van der Waals surface area contributed by atoms with Gasteiger partial charge in [0, 0.05) is 0 Å². The van der Waals surface area contributed by atoms with Crippen molar-refractivity contribution in [2.75, 3.05) is 26.4 Å². The standard InChI is InChI=1S/C35H40O8Se/c1-6-11-13-16-23-19-21-24(22-20-23)26-27(32(36)40-7-2)28(33(37)41-8-3)29(34(38)42-9-4)30(35(39)43-10-5)31(26)44-25-17-14-12-15-18-25/h12,14-15,17-22H,6-11,13,16H2,1-5H3. The second kappa shape index (κ2) is 17.4. The molecule has 9 heteroatoms. The van der Waals surface area contributed by atoms with E-state index in [9.17, 15) is 19.2 Å². The summed E-state index contributed by atoms with van der Waals surface area (Å²) in [6, 6.07) is 17.1. The number of ether oxygens (including phenoxy) is 4. The van der Waals surface area contributed by atoms with E-state index in [1.807, 2.05) is 54.6 Å². The van der Waals surface area contributed by atoms with Gasteiger partial charge >= 0.3 is 266 Å². The van der Waals surface area contributed by atoms with Gasteiger partial charge in [0.15, 0.2) is 0 Å². The molecule has 0 unspecified atom stereocenters. The van der Waals surface area contributed by atoms with Crippen molar-refractivity contribution < 1.29 is 38.1 Å².